The lowest BCUT2D eigenvalue weighted by atomic mass is 9.89. The summed E-state index contributed by atoms with van der Waals surface area (Å²) < 4.78 is 12.1. The number of hydrogen-bond donors (Lipinski definition) is 3. The third kappa shape index (κ3) is 13.2. The number of likely N-dealkylation sites (N-methyl/N-ethyl adjacent to an activating group) is 1. The number of carbonyl (C=O) groups excluding carboxylic acids is 4. The highest BCUT2D eigenvalue weighted by molar-refractivity contribution is 5.97. The van der Waals surface area contributed by atoms with Crippen LogP contribution in [-0.4, -0.2) is 142 Å². The van der Waals surface area contributed by atoms with Crippen LogP contribution < -0.4 is 16.4 Å². The molecule has 4 N–H and O–H groups in total. The zero-order valence-corrected chi connectivity index (χ0v) is 37.6. The number of guanidine groups is 1. The lowest BCUT2D eigenvalue weighted by molar-refractivity contribution is -0.146. The number of nitrogens with zero attached hydrogens (tertiary/aromatic N) is 5. The third-order valence-electron chi connectivity index (χ3n) is 11.6. The maximum atomic E-state index is 14.4. The van der Waals surface area contributed by atoms with E-state index in [4.69, 9.17) is 20.2 Å². The summed E-state index contributed by atoms with van der Waals surface area (Å²) in [6, 6.07) is 14.5. The zero-order valence-electron chi connectivity index (χ0n) is 37.6. The topological polar surface area (TPSA) is 162 Å². The van der Waals surface area contributed by atoms with E-state index >= 15 is 0 Å². The van der Waals surface area contributed by atoms with Crippen molar-refractivity contribution in [3.8, 4) is 0 Å². The molecule has 1 aliphatic rings. The number of methoxy groups -OCH3 is 2. The maximum Gasteiger partial charge on any atom is 0.247 e. The molecule has 1 saturated heterocycles. The SMILES string of the molecule is CC[C@H](C)[C@@H]([C@H](CC(=O)N1CCC[C@H]1[C@H](OC)[C@@H](C)C(=O)N[C@@H](Cc1ccccc1)C(=O)Nc1ccc(CN)cc1)OC)N(C)C(=O)[C@@H](N=C(N(C)C)N(C)C)C(C)C. The Labute approximate surface area is 353 Å². The number of amides is 4. The van der Waals surface area contributed by atoms with E-state index in [0.29, 0.717) is 31.2 Å². The second-order valence-electron chi connectivity index (χ2n) is 16.6. The minimum Gasteiger partial charge on any atom is -0.379 e. The minimum absolute atomic E-state index is 0.0109. The van der Waals surface area contributed by atoms with Crippen molar-refractivity contribution in [1.29, 1.82) is 0 Å². The molecule has 0 radical (unpaired) electrons. The van der Waals surface area contributed by atoms with Crippen LogP contribution in [0.5, 0.6) is 0 Å². The molecule has 0 unspecified atom stereocenters. The average Bonchev–Trinajstić information content (AvgIpc) is 3.70. The van der Waals surface area contributed by atoms with E-state index < -0.39 is 36.3 Å². The van der Waals surface area contributed by atoms with Gasteiger partial charge in [-0.05, 0) is 47.9 Å². The van der Waals surface area contributed by atoms with Gasteiger partial charge in [-0.2, -0.15) is 0 Å². The molecule has 2 aromatic rings. The van der Waals surface area contributed by atoms with Gasteiger partial charge in [-0.1, -0.05) is 83.5 Å². The van der Waals surface area contributed by atoms with Crippen molar-refractivity contribution < 1.29 is 28.7 Å². The van der Waals surface area contributed by atoms with Crippen molar-refractivity contribution in [2.45, 2.75) is 110 Å². The Morgan fingerprint density at radius 1 is 0.881 bits per heavy atom. The predicted octanol–water partition coefficient (Wildman–Crippen LogP) is 4.24. The Kier molecular flexibility index (Phi) is 19.3. The average molecular weight is 821 g/mol. The van der Waals surface area contributed by atoms with E-state index in [1.54, 1.807) is 50.1 Å². The van der Waals surface area contributed by atoms with Crippen molar-refractivity contribution in [3.63, 3.8) is 0 Å². The van der Waals surface area contributed by atoms with Crippen molar-refractivity contribution in [3.05, 3.63) is 65.7 Å². The molecule has 59 heavy (non-hydrogen) atoms. The molecule has 3 rings (SSSR count). The van der Waals surface area contributed by atoms with Crippen LogP contribution in [0.25, 0.3) is 0 Å². The first-order valence-corrected chi connectivity index (χ1v) is 21.0. The zero-order chi connectivity index (χ0) is 44.0. The largest absolute Gasteiger partial charge is 0.379 e. The van der Waals surface area contributed by atoms with Gasteiger partial charge in [0, 0.05) is 74.7 Å². The van der Waals surface area contributed by atoms with Gasteiger partial charge >= 0.3 is 0 Å². The molecule has 1 aliphatic heterocycles. The van der Waals surface area contributed by atoms with Crippen LogP contribution in [-0.2, 0) is 41.6 Å². The molecule has 14 nitrogen and oxygen atoms in total. The minimum atomic E-state index is -0.877. The first-order chi connectivity index (χ1) is 28.0. The summed E-state index contributed by atoms with van der Waals surface area (Å²) in [6.07, 6.45) is 1.23. The summed E-state index contributed by atoms with van der Waals surface area (Å²) in [5, 5.41) is 5.94. The lowest BCUT2D eigenvalue weighted by Gasteiger charge is -2.40. The van der Waals surface area contributed by atoms with Gasteiger partial charge in [-0.3, -0.25) is 19.2 Å². The Morgan fingerprint density at radius 3 is 2.03 bits per heavy atom. The third-order valence-corrected chi connectivity index (χ3v) is 11.6. The van der Waals surface area contributed by atoms with E-state index in [9.17, 15) is 19.2 Å². The van der Waals surface area contributed by atoms with E-state index in [-0.39, 0.29) is 54.3 Å². The fraction of sp³-hybridized carbons (Fsp3) is 0.622. The molecule has 0 aromatic heterocycles. The van der Waals surface area contributed by atoms with Gasteiger partial charge in [0.15, 0.2) is 5.96 Å². The number of aliphatic imine (C=N–C) groups is 1. The Hall–Kier alpha value is -4.53. The molecule has 14 heteroatoms. The quantitative estimate of drug-likeness (QED) is 0.131. The molecule has 0 aliphatic carbocycles. The van der Waals surface area contributed by atoms with Gasteiger partial charge in [-0.25, -0.2) is 4.99 Å². The van der Waals surface area contributed by atoms with Gasteiger partial charge in [0.05, 0.1) is 36.6 Å². The number of anilines is 1. The van der Waals surface area contributed by atoms with E-state index in [0.717, 1.165) is 24.0 Å². The van der Waals surface area contributed by atoms with Gasteiger partial charge in [0.1, 0.15) is 12.1 Å². The molecule has 0 bridgehead atoms. The van der Waals surface area contributed by atoms with Gasteiger partial charge in [0.2, 0.25) is 23.6 Å². The van der Waals surface area contributed by atoms with Crippen LogP contribution >= 0.6 is 0 Å². The number of nitrogens with one attached hydrogen (secondary N) is 2. The number of ether oxygens (including phenoxy) is 2. The molecular weight excluding hydrogens is 749 g/mol. The van der Waals surface area contributed by atoms with E-state index in [2.05, 4.69) is 24.5 Å². The molecule has 1 heterocycles. The molecule has 4 amide bonds. The fourth-order valence-corrected chi connectivity index (χ4v) is 8.08. The predicted molar refractivity (Wildman–Crippen MR) is 235 cm³/mol. The van der Waals surface area contributed by atoms with Crippen molar-refractivity contribution in [2.75, 3.05) is 61.3 Å². The van der Waals surface area contributed by atoms with Crippen molar-refractivity contribution in [1.82, 2.24) is 24.9 Å². The Bertz CT molecular complexity index is 1660. The van der Waals surface area contributed by atoms with Crippen LogP contribution in [0.2, 0.25) is 0 Å². The van der Waals surface area contributed by atoms with E-state index in [1.165, 1.54) is 0 Å². The second-order valence-corrected chi connectivity index (χ2v) is 16.6. The monoisotopic (exact) mass is 821 g/mol. The molecule has 0 saturated carbocycles. The highest BCUT2D eigenvalue weighted by Gasteiger charge is 2.43. The standard InChI is InChI=1S/C45H72N8O6/c1-13-30(4)40(52(10)44(57)39(29(2)3)49-45(50(6)7)51(8)9)37(58-11)27-38(54)53-25-17-20-36(53)41(59-12)31(5)42(55)48-35(26-32-18-15-14-16-19-32)43(56)47-34-23-21-33(28-46)22-24-34/h14-16,18-19,21-24,29-31,35-37,39-41H,13,17,20,25-28,46H2,1-12H3,(H,47,56)(H,48,55)/t30-,31+,35-,36-,37-,39-,40-,41+/m0/s1. The second kappa shape index (κ2) is 23.3. The maximum absolute atomic E-state index is 14.4. The number of nitrogens with two attached hydrogens (primary N) is 1. The van der Waals surface area contributed by atoms with Crippen LogP contribution in [0.15, 0.2) is 59.6 Å². The first kappa shape index (κ1) is 48.8. The Balaban J connectivity index is 1.83. The highest BCUT2D eigenvalue weighted by Crippen LogP contribution is 2.30. The summed E-state index contributed by atoms with van der Waals surface area (Å²) in [4.78, 5) is 68.6. The molecule has 2 aromatic carbocycles. The summed E-state index contributed by atoms with van der Waals surface area (Å²) >= 11 is 0. The molecular formula is C45H72N8O6. The normalized spacial score (nSPS) is 17.5. The summed E-state index contributed by atoms with van der Waals surface area (Å²) in [5.74, 6) is -1.06. The number of carbonyl (C=O) groups is 4. The summed E-state index contributed by atoms with van der Waals surface area (Å²) in [7, 11) is 12.5. The number of benzene rings is 2. The molecule has 1 fully saturated rings. The van der Waals surface area contributed by atoms with Crippen molar-refractivity contribution >= 4 is 35.3 Å². The fourth-order valence-electron chi connectivity index (χ4n) is 8.08. The summed E-state index contributed by atoms with van der Waals surface area (Å²) in [6.45, 7) is 10.8. The van der Waals surface area contributed by atoms with Crippen LogP contribution in [0.3, 0.4) is 0 Å². The van der Waals surface area contributed by atoms with Gasteiger partial charge in [-0.15, -0.1) is 0 Å². The Morgan fingerprint density at radius 2 is 1.51 bits per heavy atom. The molecule has 0 spiro atoms. The van der Waals surface area contributed by atoms with Crippen LogP contribution in [0.1, 0.15) is 71.4 Å². The molecule has 8 atom stereocenters. The van der Waals surface area contributed by atoms with Gasteiger partial charge < -0.3 is 45.4 Å². The first-order valence-electron chi connectivity index (χ1n) is 21.0. The highest BCUT2D eigenvalue weighted by atomic mass is 16.5. The van der Waals surface area contributed by atoms with Gasteiger partial charge in [0.25, 0.3) is 0 Å². The van der Waals surface area contributed by atoms with E-state index in [1.807, 2.05) is 94.3 Å². The number of hydrogen-bond acceptors (Lipinski definition) is 8. The lowest BCUT2D eigenvalue weighted by Crippen LogP contribution is -2.55. The van der Waals surface area contributed by atoms with Crippen LogP contribution in [0.4, 0.5) is 5.69 Å². The van der Waals surface area contributed by atoms with Crippen molar-refractivity contribution in [2.24, 2.45) is 28.5 Å². The molecule has 328 valence electrons. The smallest absolute Gasteiger partial charge is 0.247 e. The number of rotatable bonds is 20. The summed E-state index contributed by atoms with van der Waals surface area (Å²) in [5.41, 5.74) is 8.18. The number of likely N-dealkylation sites (tertiary alicyclic amines) is 1. The van der Waals surface area contributed by atoms with Crippen LogP contribution in [0, 0.1) is 17.8 Å².